The van der Waals surface area contributed by atoms with E-state index in [9.17, 15) is 14.9 Å². The number of fused-ring (bicyclic) bond motifs is 1. The Morgan fingerprint density at radius 1 is 1.22 bits per heavy atom. The summed E-state index contributed by atoms with van der Waals surface area (Å²) >= 11 is 0. The lowest BCUT2D eigenvalue weighted by atomic mass is 10.0. The van der Waals surface area contributed by atoms with Gasteiger partial charge in [-0.25, -0.2) is 0 Å². The van der Waals surface area contributed by atoms with Crippen LogP contribution in [0.1, 0.15) is 42.5 Å². The predicted molar refractivity (Wildman–Crippen MR) is 88.6 cm³/mol. The van der Waals surface area contributed by atoms with Crippen molar-refractivity contribution >= 4 is 17.7 Å². The Hall–Kier alpha value is -2.69. The molecule has 0 radical (unpaired) electrons. The lowest BCUT2D eigenvalue weighted by molar-refractivity contribution is -0.384. The van der Waals surface area contributed by atoms with Gasteiger partial charge in [0.05, 0.1) is 4.92 Å². The Morgan fingerprint density at radius 2 is 1.91 bits per heavy atom. The summed E-state index contributed by atoms with van der Waals surface area (Å²) in [5.41, 5.74) is 3.89. The van der Waals surface area contributed by atoms with Crippen LogP contribution >= 0.6 is 0 Å². The number of nitrogens with zero attached hydrogens (tertiary/aromatic N) is 2. The summed E-state index contributed by atoms with van der Waals surface area (Å²) in [4.78, 5) is 24.1. The minimum atomic E-state index is -0.477. The SMILES string of the molecule is CC(C)c1ccc(N2Cc3ccc([N+](=O)[O-])cc3C2C=O)cc1. The van der Waals surface area contributed by atoms with Crippen LogP contribution in [-0.2, 0) is 11.3 Å². The predicted octanol–water partition coefficient (Wildman–Crippen LogP) is 3.98. The molecule has 0 aliphatic carbocycles. The fraction of sp³-hybridized carbons (Fsp3) is 0.278. The molecule has 0 bridgehead atoms. The Labute approximate surface area is 134 Å². The number of benzene rings is 2. The van der Waals surface area contributed by atoms with Crippen molar-refractivity contribution < 1.29 is 9.72 Å². The summed E-state index contributed by atoms with van der Waals surface area (Å²) in [6.45, 7) is 4.85. The first-order valence-electron chi connectivity index (χ1n) is 7.60. The summed E-state index contributed by atoms with van der Waals surface area (Å²) in [5, 5.41) is 11.0. The van der Waals surface area contributed by atoms with Gasteiger partial charge in [0.1, 0.15) is 12.3 Å². The zero-order chi connectivity index (χ0) is 16.6. The first kappa shape index (κ1) is 15.2. The van der Waals surface area contributed by atoms with E-state index in [4.69, 9.17) is 0 Å². The average molecular weight is 310 g/mol. The number of anilines is 1. The van der Waals surface area contributed by atoms with Gasteiger partial charge in [-0.15, -0.1) is 0 Å². The molecule has 0 saturated carbocycles. The maximum atomic E-state index is 11.6. The molecule has 5 nitrogen and oxygen atoms in total. The van der Waals surface area contributed by atoms with Crippen LogP contribution in [0, 0.1) is 10.1 Å². The van der Waals surface area contributed by atoms with Crippen LogP contribution in [0.4, 0.5) is 11.4 Å². The van der Waals surface area contributed by atoms with Crippen molar-refractivity contribution in [3.63, 3.8) is 0 Å². The lowest BCUT2D eigenvalue weighted by Gasteiger charge is -2.23. The Bertz CT molecular complexity index is 753. The van der Waals surface area contributed by atoms with Crippen molar-refractivity contribution in [2.45, 2.75) is 32.4 Å². The summed E-state index contributed by atoms with van der Waals surface area (Å²) in [7, 11) is 0. The molecule has 23 heavy (non-hydrogen) atoms. The normalized spacial score (nSPS) is 16.5. The second kappa shape index (κ2) is 5.83. The molecule has 0 N–H and O–H groups in total. The lowest BCUT2D eigenvalue weighted by Crippen LogP contribution is -2.22. The van der Waals surface area contributed by atoms with E-state index in [1.165, 1.54) is 17.7 Å². The van der Waals surface area contributed by atoms with Crippen LogP contribution in [0.25, 0.3) is 0 Å². The van der Waals surface area contributed by atoms with Crippen molar-refractivity contribution in [3.8, 4) is 0 Å². The first-order chi connectivity index (χ1) is 11.0. The number of carbonyl (C=O) groups excluding carboxylic acids is 1. The highest BCUT2D eigenvalue weighted by atomic mass is 16.6. The van der Waals surface area contributed by atoms with E-state index in [-0.39, 0.29) is 5.69 Å². The number of hydrogen-bond donors (Lipinski definition) is 0. The van der Waals surface area contributed by atoms with Gasteiger partial charge in [0.25, 0.3) is 5.69 Å². The zero-order valence-electron chi connectivity index (χ0n) is 13.1. The third-order valence-corrected chi connectivity index (χ3v) is 4.36. The first-order valence-corrected chi connectivity index (χ1v) is 7.60. The second-order valence-electron chi connectivity index (χ2n) is 6.10. The highest BCUT2D eigenvalue weighted by Gasteiger charge is 2.31. The van der Waals surface area contributed by atoms with Gasteiger partial charge in [-0.2, -0.15) is 0 Å². The van der Waals surface area contributed by atoms with Gasteiger partial charge in [-0.1, -0.05) is 32.0 Å². The van der Waals surface area contributed by atoms with Crippen LogP contribution in [0.3, 0.4) is 0 Å². The highest BCUT2D eigenvalue weighted by Crippen LogP contribution is 2.38. The highest BCUT2D eigenvalue weighted by molar-refractivity contribution is 5.73. The quantitative estimate of drug-likeness (QED) is 0.487. The Balaban J connectivity index is 1.95. The van der Waals surface area contributed by atoms with Crippen molar-refractivity contribution in [2.24, 2.45) is 0 Å². The number of hydrogen-bond acceptors (Lipinski definition) is 4. The molecule has 0 spiro atoms. The maximum absolute atomic E-state index is 11.6. The standard InChI is InChI=1S/C18H18N2O3/c1-12(2)13-3-6-15(7-4-13)19-10-14-5-8-16(20(22)23)9-17(14)18(19)11-21/h3-9,11-12,18H,10H2,1-2H3. The number of aldehydes is 1. The molecule has 1 heterocycles. The van der Waals surface area contributed by atoms with E-state index in [0.717, 1.165) is 23.1 Å². The van der Waals surface area contributed by atoms with Crippen molar-refractivity contribution in [3.05, 3.63) is 69.3 Å². The molecule has 118 valence electrons. The molecule has 1 aliphatic rings. The van der Waals surface area contributed by atoms with Crippen LogP contribution < -0.4 is 4.90 Å². The topological polar surface area (TPSA) is 63.4 Å². The van der Waals surface area contributed by atoms with Gasteiger partial charge in [0, 0.05) is 24.4 Å². The minimum Gasteiger partial charge on any atom is -0.353 e. The fourth-order valence-corrected chi connectivity index (χ4v) is 3.01. The minimum absolute atomic E-state index is 0.0209. The molecule has 5 heteroatoms. The van der Waals surface area contributed by atoms with Gasteiger partial charge in [0.2, 0.25) is 0 Å². The number of nitro benzene ring substituents is 1. The third kappa shape index (κ3) is 2.70. The van der Waals surface area contributed by atoms with Crippen LogP contribution in [0.5, 0.6) is 0 Å². The van der Waals surface area contributed by atoms with Crippen LogP contribution in [0.15, 0.2) is 42.5 Å². The second-order valence-corrected chi connectivity index (χ2v) is 6.10. The van der Waals surface area contributed by atoms with E-state index < -0.39 is 11.0 Å². The van der Waals surface area contributed by atoms with Gasteiger partial charge in [-0.3, -0.25) is 10.1 Å². The van der Waals surface area contributed by atoms with E-state index in [1.807, 2.05) is 17.0 Å². The molecule has 2 aromatic carbocycles. The van der Waals surface area contributed by atoms with E-state index in [0.29, 0.717) is 12.5 Å². The molecular weight excluding hydrogens is 292 g/mol. The third-order valence-electron chi connectivity index (χ3n) is 4.36. The molecule has 3 rings (SSSR count). The van der Waals surface area contributed by atoms with Gasteiger partial charge >= 0.3 is 0 Å². The zero-order valence-corrected chi connectivity index (χ0v) is 13.1. The van der Waals surface area contributed by atoms with Crippen molar-refractivity contribution in [2.75, 3.05) is 4.90 Å². The molecule has 1 atom stereocenters. The van der Waals surface area contributed by atoms with Crippen LogP contribution in [-0.4, -0.2) is 11.2 Å². The average Bonchev–Trinajstić information content (AvgIpc) is 2.92. The number of rotatable bonds is 4. The monoisotopic (exact) mass is 310 g/mol. The number of nitro groups is 1. The molecule has 2 aromatic rings. The summed E-state index contributed by atoms with van der Waals surface area (Å²) in [6.07, 6.45) is 0.853. The van der Waals surface area contributed by atoms with E-state index in [1.54, 1.807) is 6.07 Å². The van der Waals surface area contributed by atoms with Gasteiger partial charge in [-0.05, 0) is 34.7 Å². The van der Waals surface area contributed by atoms with Gasteiger partial charge in [0.15, 0.2) is 0 Å². The Kier molecular flexibility index (Phi) is 3.86. The Morgan fingerprint density at radius 3 is 2.48 bits per heavy atom. The summed E-state index contributed by atoms with van der Waals surface area (Å²) < 4.78 is 0. The summed E-state index contributed by atoms with van der Waals surface area (Å²) in [5.74, 6) is 0.448. The maximum Gasteiger partial charge on any atom is 0.269 e. The van der Waals surface area contributed by atoms with Crippen molar-refractivity contribution in [1.82, 2.24) is 0 Å². The molecule has 0 fully saturated rings. The molecular formula is C18H18N2O3. The number of non-ortho nitro benzene ring substituents is 1. The van der Waals surface area contributed by atoms with Gasteiger partial charge < -0.3 is 9.69 Å². The largest absolute Gasteiger partial charge is 0.353 e. The molecule has 0 amide bonds. The fourth-order valence-electron chi connectivity index (χ4n) is 3.01. The molecule has 1 aliphatic heterocycles. The smallest absolute Gasteiger partial charge is 0.269 e. The number of carbonyl (C=O) groups is 1. The van der Waals surface area contributed by atoms with E-state index in [2.05, 4.69) is 26.0 Å². The molecule has 1 unspecified atom stereocenters. The van der Waals surface area contributed by atoms with Crippen molar-refractivity contribution in [1.29, 1.82) is 0 Å². The summed E-state index contributed by atoms with van der Waals surface area (Å²) in [6, 6.07) is 12.4. The molecule has 0 saturated heterocycles. The van der Waals surface area contributed by atoms with E-state index >= 15 is 0 Å². The van der Waals surface area contributed by atoms with Crippen LogP contribution in [0.2, 0.25) is 0 Å². The molecule has 0 aromatic heterocycles.